The minimum Gasteiger partial charge on any atom is -0.465 e. The van der Waals surface area contributed by atoms with E-state index >= 15 is 0 Å². The minimum atomic E-state index is -0.954. The van der Waals surface area contributed by atoms with Crippen molar-refractivity contribution in [1.29, 1.82) is 0 Å². The maximum atomic E-state index is 11.7. The first kappa shape index (κ1) is 22.0. The van der Waals surface area contributed by atoms with Crippen molar-refractivity contribution >= 4 is 29.3 Å². The molecule has 2 atom stereocenters. The van der Waals surface area contributed by atoms with Crippen molar-refractivity contribution in [3.63, 3.8) is 0 Å². The SMILES string of the molecule is C=CCOC[C@@]1(c2ccc(Cl)c(Cl)c2)CCN(C(=O)O)CC(C(C)(C)C)O1. The lowest BCUT2D eigenvalue weighted by atomic mass is 9.86. The van der Waals surface area contributed by atoms with Gasteiger partial charge in [0.2, 0.25) is 0 Å². The van der Waals surface area contributed by atoms with Crippen molar-refractivity contribution in [3.8, 4) is 0 Å². The van der Waals surface area contributed by atoms with Gasteiger partial charge in [0.1, 0.15) is 5.60 Å². The van der Waals surface area contributed by atoms with E-state index in [1.165, 1.54) is 4.90 Å². The number of nitrogens with zero attached hydrogens (tertiary/aromatic N) is 1. The monoisotopic (exact) mass is 415 g/mol. The summed E-state index contributed by atoms with van der Waals surface area (Å²) in [4.78, 5) is 13.1. The molecule has 0 spiro atoms. The van der Waals surface area contributed by atoms with E-state index in [9.17, 15) is 9.90 Å². The van der Waals surface area contributed by atoms with Crippen LogP contribution in [-0.4, -0.2) is 48.5 Å². The van der Waals surface area contributed by atoms with Crippen LogP contribution in [0.4, 0.5) is 4.79 Å². The fourth-order valence-corrected chi connectivity index (χ4v) is 3.39. The van der Waals surface area contributed by atoms with Crippen molar-refractivity contribution in [2.24, 2.45) is 5.41 Å². The van der Waals surface area contributed by atoms with E-state index in [4.69, 9.17) is 32.7 Å². The maximum Gasteiger partial charge on any atom is 0.407 e. The molecule has 1 N–H and O–H groups in total. The predicted octanol–water partition coefficient (Wildman–Crippen LogP) is 5.21. The van der Waals surface area contributed by atoms with E-state index in [-0.39, 0.29) is 18.1 Å². The highest BCUT2D eigenvalue weighted by atomic mass is 35.5. The summed E-state index contributed by atoms with van der Waals surface area (Å²) in [6, 6.07) is 5.36. The molecule has 1 saturated heterocycles. The second-order valence-electron chi connectivity index (χ2n) is 7.88. The van der Waals surface area contributed by atoms with Crippen molar-refractivity contribution in [2.45, 2.75) is 38.9 Å². The Morgan fingerprint density at radius 1 is 1.44 bits per heavy atom. The molecule has 1 fully saturated rings. The van der Waals surface area contributed by atoms with Crippen LogP contribution in [-0.2, 0) is 15.1 Å². The van der Waals surface area contributed by atoms with E-state index in [0.717, 1.165) is 5.56 Å². The van der Waals surface area contributed by atoms with Crippen LogP contribution in [0.3, 0.4) is 0 Å². The first-order chi connectivity index (χ1) is 12.6. The largest absolute Gasteiger partial charge is 0.465 e. The molecule has 1 aromatic carbocycles. The molecule has 0 aromatic heterocycles. The summed E-state index contributed by atoms with van der Waals surface area (Å²) in [5, 5.41) is 10.4. The highest BCUT2D eigenvalue weighted by Crippen LogP contribution is 2.40. The predicted molar refractivity (Wildman–Crippen MR) is 108 cm³/mol. The summed E-state index contributed by atoms with van der Waals surface area (Å²) in [7, 11) is 0. The number of carbonyl (C=O) groups is 1. The molecule has 1 heterocycles. The Morgan fingerprint density at radius 2 is 2.15 bits per heavy atom. The van der Waals surface area contributed by atoms with Gasteiger partial charge in [-0.1, -0.05) is 56.1 Å². The molecule has 0 bridgehead atoms. The van der Waals surface area contributed by atoms with Crippen LogP contribution < -0.4 is 0 Å². The Hall–Kier alpha value is -1.27. The lowest BCUT2D eigenvalue weighted by Crippen LogP contribution is -2.44. The van der Waals surface area contributed by atoms with Crippen molar-refractivity contribution in [1.82, 2.24) is 4.90 Å². The molecule has 150 valence electrons. The van der Waals surface area contributed by atoms with Gasteiger partial charge in [-0.05, 0) is 23.1 Å². The average molecular weight is 416 g/mol. The van der Waals surface area contributed by atoms with Crippen LogP contribution in [0.25, 0.3) is 0 Å². The zero-order valence-electron chi connectivity index (χ0n) is 16.0. The van der Waals surface area contributed by atoms with Crippen LogP contribution >= 0.6 is 23.2 Å². The Balaban J connectivity index is 2.49. The molecule has 5 nitrogen and oxygen atoms in total. The van der Waals surface area contributed by atoms with Gasteiger partial charge in [0.25, 0.3) is 0 Å². The van der Waals surface area contributed by atoms with Gasteiger partial charge >= 0.3 is 6.09 Å². The number of hydrogen-bond acceptors (Lipinski definition) is 3. The molecule has 0 saturated carbocycles. The van der Waals surface area contributed by atoms with Gasteiger partial charge in [-0.15, -0.1) is 6.58 Å². The topological polar surface area (TPSA) is 59.0 Å². The van der Waals surface area contributed by atoms with E-state index < -0.39 is 11.7 Å². The highest BCUT2D eigenvalue weighted by Gasteiger charge is 2.44. The Labute approximate surface area is 170 Å². The zero-order valence-corrected chi connectivity index (χ0v) is 17.5. The quantitative estimate of drug-likeness (QED) is 0.529. The maximum absolute atomic E-state index is 11.7. The number of benzene rings is 1. The minimum absolute atomic E-state index is 0.261. The molecular weight excluding hydrogens is 389 g/mol. The standard InChI is InChI=1S/C20H27Cl2NO4/c1-5-10-26-13-20(14-6-7-15(21)16(22)11-14)8-9-23(18(24)25)12-17(27-20)19(2,3)4/h5-7,11,17H,1,8-10,12-13H2,2-4H3,(H,24,25)/t17?,20-/m1/s1. The molecule has 1 unspecified atom stereocenters. The van der Waals surface area contributed by atoms with Gasteiger partial charge in [-0.2, -0.15) is 0 Å². The zero-order chi connectivity index (χ0) is 20.2. The van der Waals surface area contributed by atoms with Crippen LogP contribution in [0.2, 0.25) is 10.0 Å². The summed E-state index contributed by atoms with van der Waals surface area (Å²) in [5.41, 5.74) is -0.278. The summed E-state index contributed by atoms with van der Waals surface area (Å²) >= 11 is 12.3. The van der Waals surface area contributed by atoms with Crippen LogP contribution in [0.5, 0.6) is 0 Å². The lowest BCUT2D eigenvalue weighted by molar-refractivity contribution is -0.158. The second kappa shape index (κ2) is 8.82. The van der Waals surface area contributed by atoms with E-state index in [2.05, 4.69) is 6.58 Å². The first-order valence-corrected chi connectivity index (χ1v) is 9.64. The van der Waals surface area contributed by atoms with Gasteiger partial charge < -0.3 is 19.5 Å². The third-order valence-corrected chi connectivity index (χ3v) is 5.53. The molecule has 2 rings (SSSR count). The molecular formula is C20H27Cl2NO4. The fraction of sp³-hybridized carbons (Fsp3) is 0.550. The summed E-state index contributed by atoms with van der Waals surface area (Å²) in [6.45, 7) is 11.0. The summed E-state index contributed by atoms with van der Waals surface area (Å²) < 4.78 is 12.4. The summed E-state index contributed by atoms with van der Waals surface area (Å²) in [6.07, 6.45) is 0.841. The number of hydrogen-bond donors (Lipinski definition) is 1. The molecule has 1 amide bonds. The van der Waals surface area contributed by atoms with Gasteiger partial charge in [0.15, 0.2) is 0 Å². The van der Waals surface area contributed by atoms with E-state index in [0.29, 0.717) is 36.2 Å². The number of halogens is 2. The third-order valence-electron chi connectivity index (χ3n) is 4.79. The van der Waals surface area contributed by atoms with Gasteiger partial charge in [-0.3, -0.25) is 0 Å². The van der Waals surface area contributed by atoms with E-state index in [1.54, 1.807) is 18.2 Å². The molecule has 0 aliphatic carbocycles. The molecule has 7 heteroatoms. The molecule has 1 aliphatic heterocycles. The fourth-order valence-electron chi connectivity index (χ4n) is 3.09. The molecule has 27 heavy (non-hydrogen) atoms. The normalized spacial score (nSPS) is 23.7. The highest BCUT2D eigenvalue weighted by molar-refractivity contribution is 6.42. The second-order valence-corrected chi connectivity index (χ2v) is 8.69. The van der Waals surface area contributed by atoms with E-state index in [1.807, 2.05) is 26.8 Å². The Kier molecular flexibility index (Phi) is 7.20. The Morgan fingerprint density at radius 3 is 2.70 bits per heavy atom. The molecule has 0 radical (unpaired) electrons. The average Bonchev–Trinajstić information content (AvgIpc) is 2.78. The smallest absolute Gasteiger partial charge is 0.407 e. The third kappa shape index (κ3) is 5.38. The molecule has 1 aliphatic rings. The van der Waals surface area contributed by atoms with Gasteiger partial charge in [0, 0.05) is 13.0 Å². The number of amides is 1. The van der Waals surface area contributed by atoms with Crippen LogP contribution in [0.15, 0.2) is 30.9 Å². The number of ether oxygens (including phenoxy) is 2. The summed E-state index contributed by atoms with van der Waals surface area (Å²) in [5.74, 6) is 0. The molecule has 1 aromatic rings. The van der Waals surface area contributed by atoms with Crippen molar-refractivity contribution < 1.29 is 19.4 Å². The van der Waals surface area contributed by atoms with Gasteiger partial charge in [-0.25, -0.2) is 4.79 Å². The lowest BCUT2D eigenvalue weighted by Gasteiger charge is -2.40. The number of carboxylic acid groups (broad SMARTS) is 1. The Bertz CT molecular complexity index is 689. The van der Waals surface area contributed by atoms with Gasteiger partial charge in [0.05, 0.1) is 35.9 Å². The van der Waals surface area contributed by atoms with Crippen LogP contribution in [0, 0.1) is 5.41 Å². The van der Waals surface area contributed by atoms with Crippen molar-refractivity contribution in [3.05, 3.63) is 46.5 Å². The van der Waals surface area contributed by atoms with Crippen molar-refractivity contribution in [2.75, 3.05) is 26.3 Å². The first-order valence-electron chi connectivity index (χ1n) is 8.89. The van der Waals surface area contributed by atoms with Crippen LogP contribution in [0.1, 0.15) is 32.8 Å². The number of rotatable bonds is 5.